The molecule has 2 aromatic carbocycles. The first-order valence-electron chi connectivity index (χ1n) is 9.56. The average molecular weight is 400 g/mol. The van der Waals surface area contributed by atoms with Crippen molar-refractivity contribution in [2.75, 3.05) is 23.3 Å². The van der Waals surface area contributed by atoms with Gasteiger partial charge in [0, 0.05) is 36.0 Å². The summed E-state index contributed by atoms with van der Waals surface area (Å²) in [6.45, 7) is 5.65. The maximum absolute atomic E-state index is 12.7. The van der Waals surface area contributed by atoms with E-state index in [2.05, 4.69) is 15.5 Å². The van der Waals surface area contributed by atoms with Crippen LogP contribution in [0.1, 0.15) is 32.3 Å². The van der Waals surface area contributed by atoms with Gasteiger partial charge in [-0.2, -0.15) is 0 Å². The van der Waals surface area contributed by atoms with Gasteiger partial charge in [-0.25, -0.2) is 0 Å². The number of amides is 2. The Balaban J connectivity index is 1.58. The maximum Gasteiger partial charge on any atom is 0.239 e. The summed E-state index contributed by atoms with van der Waals surface area (Å²) in [5, 5.41) is 6.23. The Hall–Kier alpha value is -2.53. The van der Waals surface area contributed by atoms with Crippen LogP contribution in [0.3, 0.4) is 0 Å². The first-order chi connectivity index (χ1) is 13.4. The van der Waals surface area contributed by atoms with Gasteiger partial charge in [0.2, 0.25) is 11.8 Å². The fraction of sp³-hybridized carbons (Fsp3) is 0.364. The smallest absolute Gasteiger partial charge is 0.239 e. The number of hydrogen-bond acceptors (Lipinski definition) is 3. The first kappa shape index (κ1) is 20.2. The molecule has 1 aliphatic heterocycles. The lowest BCUT2D eigenvalue weighted by atomic mass is 9.90. The minimum absolute atomic E-state index is 0.278. The number of hydrogen-bond donors (Lipinski definition) is 2. The summed E-state index contributed by atoms with van der Waals surface area (Å²) in [7, 11) is 0. The molecule has 2 aromatic rings. The van der Waals surface area contributed by atoms with Crippen LogP contribution in [0.25, 0.3) is 0 Å². The molecule has 0 spiro atoms. The van der Waals surface area contributed by atoms with Crippen LogP contribution in [0.2, 0.25) is 5.02 Å². The molecule has 0 aliphatic carbocycles. The van der Waals surface area contributed by atoms with Crippen LogP contribution in [0.5, 0.6) is 0 Å². The van der Waals surface area contributed by atoms with Gasteiger partial charge in [0.25, 0.3) is 0 Å². The molecule has 2 N–H and O–H groups in total. The normalized spacial score (nSPS) is 14.0. The van der Waals surface area contributed by atoms with Crippen molar-refractivity contribution in [3.8, 4) is 0 Å². The van der Waals surface area contributed by atoms with Gasteiger partial charge in [-0.1, -0.05) is 29.8 Å². The van der Waals surface area contributed by atoms with E-state index < -0.39 is 5.41 Å². The number of halogens is 1. The molecule has 1 heterocycles. The highest BCUT2D eigenvalue weighted by molar-refractivity contribution is 6.31. The molecule has 148 valence electrons. The van der Waals surface area contributed by atoms with E-state index >= 15 is 0 Å². The van der Waals surface area contributed by atoms with Crippen molar-refractivity contribution in [3.63, 3.8) is 0 Å². The summed E-state index contributed by atoms with van der Waals surface area (Å²) >= 11 is 6.12. The fourth-order valence-corrected chi connectivity index (χ4v) is 3.36. The lowest BCUT2D eigenvalue weighted by Crippen LogP contribution is -2.44. The number of carbonyl (C=O) groups is 2. The van der Waals surface area contributed by atoms with Gasteiger partial charge in [0.05, 0.1) is 0 Å². The fourth-order valence-electron chi connectivity index (χ4n) is 3.16. The van der Waals surface area contributed by atoms with Crippen LogP contribution in [0, 0.1) is 5.41 Å². The van der Waals surface area contributed by atoms with Crippen LogP contribution in [0.4, 0.5) is 11.4 Å². The summed E-state index contributed by atoms with van der Waals surface area (Å²) in [6.07, 6.45) is 2.44. The third-order valence-electron chi connectivity index (χ3n) is 5.13. The van der Waals surface area contributed by atoms with Crippen LogP contribution >= 0.6 is 11.6 Å². The van der Waals surface area contributed by atoms with Gasteiger partial charge in [-0.15, -0.1) is 0 Å². The standard InChI is InChI=1S/C22H26ClN3O2/c1-22(2,20(27)24-15-16-7-3-4-8-19(16)23)21(28)25-17-9-11-18(12-10-17)26-13-5-6-14-26/h3-4,7-12H,5-6,13-15H2,1-2H3,(H,24,27)(H,25,28). The molecule has 6 heteroatoms. The van der Waals surface area contributed by atoms with Gasteiger partial charge in [-0.3, -0.25) is 9.59 Å². The van der Waals surface area contributed by atoms with Gasteiger partial charge in [0.15, 0.2) is 0 Å². The molecular formula is C22H26ClN3O2. The molecule has 0 bridgehead atoms. The molecule has 3 rings (SSSR count). The Bertz CT molecular complexity index is 843. The van der Waals surface area contributed by atoms with E-state index in [-0.39, 0.29) is 18.4 Å². The Labute approximate surface area is 171 Å². The largest absolute Gasteiger partial charge is 0.372 e. The average Bonchev–Trinajstić information content (AvgIpc) is 3.22. The van der Waals surface area contributed by atoms with E-state index in [4.69, 9.17) is 11.6 Å². The summed E-state index contributed by atoms with van der Waals surface area (Å²) in [5.74, 6) is -0.698. The van der Waals surface area contributed by atoms with E-state index in [9.17, 15) is 9.59 Å². The molecule has 0 radical (unpaired) electrons. The minimum atomic E-state index is -1.21. The summed E-state index contributed by atoms with van der Waals surface area (Å²) in [6, 6.07) is 15.1. The summed E-state index contributed by atoms with van der Waals surface area (Å²) in [4.78, 5) is 27.6. The van der Waals surface area contributed by atoms with Crippen molar-refractivity contribution >= 4 is 34.8 Å². The van der Waals surface area contributed by atoms with Crippen molar-refractivity contribution in [1.29, 1.82) is 0 Å². The molecule has 0 saturated carbocycles. The predicted octanol–water partition coefficient (Wildman–Crippen LogP) is 4.22. The number of carbonyl (C=O) groups excluding carboxylic acids is 2. The summed E-state index contributed by atoms with van der Waals surface area (Å²) in [5.41, 5.74) is 1.44. The molecular weight excluding hydrogens is 374 g/mol. The van der Waals surface area contributed by atoms with Crippen molar-refractivity contribution in [3.05, 3.63) is 59.1 Å². The zero-order chi connectivity index (χ0) is 20.1. The maximum atomic E-state index is 12.7. The van der Waals surface area contributed by atoms with E-state index in [1.807, 2.05) is 42.5 Å². The van der Waals surface area contributed by atoms with Crippen LogP contribution in [0.15, 0.2) is 48.5 Å². The highest BCUT2D eigenvalue weighted by atomic mass is 35.5. The van der Waals surface area contributed by atoms with E-state index in [1.165, 1.54) is 12.8 Å². The lowest BCUT2D eigenvalue weighted by Gasteiger charge is -2.23. The Morgan fingerprint density at radius 2 is 1.64 bits per heavy atom. The SMILES string of the molecule is CC(C)(C(=O)NCc1ccccc1Cl)C(=O)Nc1ccc(N2CCCC2)cc1. The second kappa shape index (κ2) is 8.65. The third-order valence-corrected chi connectivity index (χ3v) is 5.50. The van der Waals surface area contributed by atoms with Gasteiger partial charge < -0.3 is 15.5 Å². The van der Waals surface area contributed by atoms with Gasteiger partial charge >= 0.3 is 0 Å². The topological polar surface area (TPSA) is 61.4 Å². The van der Waals surface area contributed by atoms with Crippen LogP contribution in [-0.2, 0) is 16.1 Å². The first-order valence-corrected chi connectivity index (χ1v) is 9.94. The van der Waals surface area contributed by atoms with E-state index in [1.54, 1.807) is 19.9 Å². The highest BCUT2D eigenvalue weighted by Crippen LogP contribution is 2.24. The molecule has 5 nitrogen and oxygen atoms in total. The number of anilines is 2. The van der Waals surface area contributed by atoms with Crippen molar-refractivity contribution in [2.24, 2.45) is 5.41 Å². The molecule has 0 aromatic heterocycles. The number of nitrogens with one attached hydrogen (secondary N) is 2. The van der Waals surface area contributed by atoms with Crippen LogP contribution < -0.4 is 15.5 Å². The lowest BCUT2D eigenvalue weighted by molar-refractivity contribution is -0.138. The van der Waals surface area contributed by atoms with Crippen molar-refractivity contribution in [2.45, 2.75) is 33.2 Å². The summed E-state index contributed by atoms with van der Waals surface area (Å²) < 4.78 is 0. The predicted molar refractivity (Wildman–Crippen MR) is 114 cm³/mol. The molecule has 0 unspecified atom stereocenters. The van der Waals surface area contributed by atoms with Crippen molar-refractivity contribution in [1.82, 2.24) is 5.32 Å². The molecule has 28 heavy (non-hydrogen) atoms. The second-order valence-corrected chi connectivity index (χ2v) is 8.00. The van der Waals surface area contributed by atoms with Crippen molar-refractivity contribution < 1.29 is 9.59 Å². The molecule has 1 aliphatic rings. The Morgan fingerprint density at radius 1 is 1.00 bits per heavy atom. The molecule has 1 saturated heterocycles. The monoisotopic (exact) mass is 399 g/mol. The second-order valence-electron chi connectivity index (χ2n) is 7.59. The zero-order valence-corrected chi connectivity index (χ0v) is 17.1. The molecule has 1 fully saturated rings. The number of nitrogens with zero attached hydrogens (tertiary/aromatic N) is 1. The zero-order valence-electron chi connectivity index (χ0n) is 16.3. The van der Waals surface area contributed by atoms with E-state index in [0.717, 1.165) is 24.3 Å². The van der Waals surface area contributed by atoms with E-state index in [0.29, 0.717) is 10.7 Å². The van der Waals surface area contributed by atoms with Gasteiger partial charge in [0.1, 0.15) is 5.41 Å². The van der Waals surface area contributed by atoms with Crippen LogP contribution in [-0.4, -0.2) is 24.9 Å². The quantitative estimate of drug-likeness (QED) is 0.715. The Kier molecular flexibility index (Phi) is 6.25. The minimum Gasteiger partial charge on any atom is -0.372 e. The number of rotatable bonds is 6. The number of benzene rings is 2. The Morgan fingerprint density at radius 3 is 2.29 bits per heavy atom. The molecule has 0 atom stereocenters. The highest BCUT2D eigenvalue weighted by Gasteiger charge is 2.36. The molecule has 2 amide bonds. The van der Waals surface area contributed by atoms with Gasteiger partial charge in [-0.05, 0) is 62.6 Å². The third kappa shape index (κ3) is 4.65.